The lowest BCUT2D eigenvalue weighted by Gasteiger charge is -2.34. The highest BCUT2D eigenvalue weighted by atomic mass is 35.5. The molecule has 0 aliphatic rings. The van der Waals surface area contributed by atoms with Crippen molar-refractivity contribution in [1.82, 2.24) is 10.2 Å². The number of nitrogens with one attached hydrogen (secondary N) is 1. The molecule has 1 N–H and O–H groups in total. The van der Waals surface area contributed by atoms with E-state index in [0.717, 1.165) is 21.0 Å². The summed E-state index contributed by atoms with van der Waals surface area (Å²) in [6.07, 6.45) is 0.969. The molecule has 4 rings (SSSR count). The second kappa shape index (κ2) is 15.0. The van der Waals surface area contributed by atoms with E-state index in [2.05, 4.69) is 5.32 Å². The van der Waals surface area contributed by atoms with Crippen molar-refractivity contribution >= 4 is 39.1 Å². The van der Waals surface area contributed by atoms with Crippen LogP contribution >= 0.6 is 11.6 Å². The molecule has 0 heterocycles. The minimum atomic E-state index is -4.18. The Labute approximate surface area is 265 Å². The number of carbonyl (C=O) groups is 2. The van der Waals surface area contributed by atoms with E-state index in [9.17, 15) is 18.0 Å². The quantitative estimate of drug-likeness (QED) is 0.185. The average Bonchev–Trinajstić information content (AvgIpc) is 3.02. The molecule has 44 heavy (non-hydrogen) atoms. The molecule has 7 nitrogen and oxygen atoms in total. The van der Waals surface area contributed by atoms with Gasteiger partial charge in [0, 0.05) is 24.0 Å². The molecule has 0 saturated carbocycles. The highest BCUT2D eigenvalue weighted by Crippen LogP contribution is 2.27. The maximum atomic E-state index is 14.5. The minimum Gasteiger partial charge on any atom is -0.352 e. The van der Waals surface area contributed by atoms with E-state index in [1.165, 1.54) is 23.1 Å². The Morgan fingerprint density at radius 3 is 2.11 bits per heavy atom. The monoisotopic (exact) mass is 631 g/mol. The third-order valence-electron chi connectivity index (χ3n) is 7.41. The summed E-state index contributed by atoms with van der Waals surface area (Å²) in [4.78, 5) is 29.9. The third-order valence-corrected chi connectivity index (χ3v) is 9.44. The molecule has 0 unspecified atom stereocenters. The number of hydrogen-bond acceptors (Lipinski definition) is 4. The van der Waals surface area contributed by atoms with Crippen LogP contribution in [0.1, 0.15) is 37.0 Å². The lowest BCUT2D eigenvalue weighted by molar-refractivity contribution is -0.140. The minimum absolute atomic E-state index is 0.0355. The molecule has 0 saturated heterocycles. The van der Waals surface area contributed by atoms with Gasteiger partial charge in [-0.05, 0) is 61.7 Å². The van der Waals surface area contributed by atoms with Crippen molar-refractivity contribution in [3.63, 3.8) is 0 Å². The van der Waals surface area contributed by atoms with Crippen LogP contribution in [-0.4, -0.2) is 43.8 Å². The largest absolute Gasteiger partial charge is 0.352 e. The van der Waals surface area contributed by atoms with E-state index < -0.39 is 28.5 Å². The summed E-state index contributed by atoms with van der Waals surface area (Å²) in [6.45, 7) is 5.42. The molecule has 230 valence electrons. The van der Waals surface area contributed by atoms with Crippen LogP contribution in [0.15, 0.2) is 114 Å². The van der Waals surface area contributed by atoms with Gasteiger partial charge in [-0.1, -0.05) is 103 Å². The van der Waals surface area contributed by atoms with E-state index in [-0.39, 0.29) is 35.5 Å². The predicted molar refractivity (Wildman–Crippen MR) is 176 cm³/mol. The van der Waals surface area contributed by atoms with Gasteiger partial charge in [-0.15, -0.1) is 0 Å². The maximum Gasteiger partial charge on any atom is 0.264 e. The lowest BCUT2D eigenvalue weighted by Crippen LogP contribution is -2.54. The zero-order chi connectivity index (χ0) is 31.7. The van der Waals surface area contributed by atoms with Crippen molar-refractivity contribution in [1.29, 1.82) is 0 Å². The Kier molecular flexibility index (Phi) is 11.2. The van der Waals surface area contributed by atoms with Gasteiger partial charge in [-0.3, -0.25) is 13.9 Å². The second-order valence-electron chi connectivity index (χ2n) is 10.8. The van der Waals surface area contributed by atoms with Crippen LogP contribution in [0.3, 0.4) is 0 Å². The molecule has 2 amide bonds. The van der Waals surface area contributed by atoms with Gasteiger partial charge < -0.3 is 10.2 Å². The fourth-order valence-electron chi connectivity index (χ4n) is 4.88. The Morgan fingerprint density at radius 2 is 1.48 bits per heavy atom. The number of aryl methyl sites for hydroxylation is 1. The number of rotatable bonds is 13. The molecule has 0 bridgehead atoms. The molecule has 0 spiro atoms. The molecule has 0 radical (unpaired) electrons. The second-order valence-corrected chi connectivity index (χ2v) is 13.1. The van der Waals surface area contributed by atoms with Crippen LogP contribution in [-0.2, 0) is 32.6 Å². The zero-order valence-corrected chi connectivity index (χ0v) is 26.8. The molecule has 9 heteroatoms. The summed E-state index contributed by atoms with van der Waals surface area (Å²) in [5.41, 5.74) is 2.95. The predicted octanol–water partition coefficient (Wildman–Crippen LogP) is 6.40. The molecule has 2 atom stereocenters. The number of anilines is 1. The Balaban J connectivity index is 1.80. The van der Waals surface area contributed by atoms with Gasteiger partial charge in [-0.25, -0.2) is 8.42 Å². The average molecular weight is 632 g/mol. The number of nitrogens with zero attached hydrogens (tertiary/aromatic N) is 2. The van der Waals surface area contributed by atoms with E-state index in [1.807, 2.05) is 75.4 Å². The molecule has 0 aliphatic heterocycles. The standard InChI is InChI=1S/C35H38ClN3O4S/c1-4-27(3)37-35(41)33(22-28-14-7-5-8-15-28)38(24-29-16-11-13-26(2)21-29)34(40)25-39(31-18-12-17-30(36)23-31)44(42,43)32-19-9-6-10-20-32/h5-21,23,27,33H,4,22,24-25H2,1-3H3,(H,37,41)/t27-,33+/m0/s1. The van der Waals surface area contributed by atoms with Gasteiger partial charge in [0.25, 0.3) is 10.0 Å². The van der Waals surface area contributed by atoms with Gasteiger partial charge in [0.05, 0.1) is 10.6 Å². The van der Waals surface area contributed by atoms with Gasteiger partial charge in [0.15, 0.2) is 0 Å². The molecular formula is C35H38ClN3O4S. The maximum absolute atomic E-state index is 14.5. The van der Waals surface area contributed by atoms with Crippen LogP contribution in [0.2, 0.25) is 5.02 Å². The van der Waals surface area contributed by atoms with Gasteiger partial charge in [-0.2, -0.15) is 0 Å². The number of sulfonamides is 1. The van der Waals surface area contributed by atoms with Crippen molar-refractivity contribution in [2.24, 2.45) is 0 Å². The first-order valence-electron chi connectivity index (χ1n) is 14.6. The first-order chi connectivity index (χ1) is 21.1. The summed E-state index contributed by atoms with van der Waals surface area (Å²) >= 11 is 6.28. The summed E-state index contributed by atoms with van der Waals surface area (Å²) < 4.78 is 29.1. The van der Waals surface area contributed by atoms with Crippen molar-refractivity contribution in [3.05, 3.63) is 131 Å². The molecule has 0 fully saturated rings. The van der Waals surface area contributed by atoms with Crippen molar-refractivity contribution in [2.45, 2.75) is 57.1 Å². The Morgan fingerprint density at radius 1 is 0.841 bits per heavy atom. The lowest BCUT2D eigenvalue weighted by atomic mass is 10.0. The van der Waals surface area contributed by atoms with Crippen LogP contribution in [0.4, 0.5) is 5.69 Å². The van der Waals surface area contributed by atoms with Crippen LogP contribution < -0.4 is 9.62 Å². The highest BCUT2D eigenvalue weighted by molar-refractivity contribution is 7.92. The van der Waals surface area contributed by atoms with E-state index >= 15 is 0 Å². The Hall–Kier alpha value is -4.14. The van der Waals surface area contributed by atoms with E-state index in [0.29, 0.717) is 11.4 Å². The van der Waals surface area contributed by atoms with Crippen molar-refractivity contribution in [3.8, 4) is 0 Å². The SMILES string of the molecule is CC[C@H](C)NC(=O)[C@@H](Cc1ccccc1)N(Cc1cccc(C)c1)C(=O)CN(c1cccc(Cl)c1)S(=O)(=O)c1ccccc1. The number of carbonyl (C=O) groups excluding carboxylic acids is 2. The fourth-order valence-corrected chi connectivity index (χ4v) is 6.49. The van der Waals surface area contributed by atoms with Gasteiger partial charge in [0.1, 0.15) is 12.6 Å². The third kappa shape index (κ3) is 8.49. The smallest absolute Gasteiger partial charge is 0.264 e. The summed E-state index contributed by atoms with van der Waals surface area (Å²) in [6, 6.07) is 30.5. The molecular weight excluding hydrogens is 594 g/mol. The number of hydrogen-bond donors (Lipinski definition) is 1. The van der Waals surface area contributed by atoms with Crippen LogP contribution in [0.5, 0.6) is 0 Å². The molecule has 0 aliphatic carbocycles. The number of benzene rings is 4. The van der Waals surface area contributed by atoms with Crippen molar-refractivity contribution in [2.75, 3.05) is 10.8 Å². The van der Waals surface area contributed by atoms with Crippen LogP contribution in [0, 0.1) is 6.92 Å². The number of halogens is 1. The fraction of sp³-hybridized carbons (Fsp3) is 0.257. The zero-order valence-electron chi connectivity index (χ0n) is 25.2. The first kappa shape index (κ1) is 32.8. The molecule has 4 aromatic rings. The van der Waals surface area contributed by atoms with E-state index in [1.54, 1.807) is 36.4 Å². The molecule has 0 aromatic heterocycles. The van der Waals surface area contributed by atoms with Gasteiger partial charge in [0.2, 0.25) is 11.8 Å². The summed E-state index contributed by atoms with van der Waals surface area (Å²) in [5, 5.41) is 3.38. The van der Waals surface area contributed by atoms with E-state index in [4.69, 9.17) is 11.6 Å². The topological polar surface area (TPSA) is 86.8 Å². The normalized spacial score (nSPS) is 12.6. The van der Waals surface area contributed by atoms with Crippen LogP contribution in [0.25, 0.3) is 0 Å². The molecule has 4 aromatic carbocycles. The first-order valence-corrected chi connectivity index (χ1v) is 16.4. The van der Waals surface area contributed by atoms with Gasteiger partial charge >= 0.3 is 0 Å². The summed E-state index contributed by atoms with van der Waals surface area (Å²) in [7, 11) is -4.18. The number of amides is 2. The summed E-state index contributed by atoms with van der Waals surface area (Å²) in [5.74, 6) is -0.823. The van der Waals surface area contributed by atoms with Crippen molar-refractivity contribution < 1.29 is 18.0 Å². The highest BCUT2D eigenvalue weighted by Gasteiger charge is 2.35. The Bertz CT molecular complexity index is 1670.